The van der Waals surface area contributed by atoms with Crippen LogP contribution in [0.2, 0.25) is 0 Å². The molecule has 0 fully saturated rings. The molecule has 13 aromatic carbocycles. The van der Waals surface area contributed by atoms with Crippen LogP contribution in [0, 0.1) is 0 Å². The molecule has 0 unspecified atom stereocenters. The van der Waals surface area contributed by atoms with Crippen LogP contribution in [0.25, 0.3) is 120 Å². The van der Waals surface area contributed by atoms with Crippen molar-refractivity contribution in [1.29, 1.82) is 0 Å². The van der Waals surface area contributed by atoms with E-state index in [1.54, 1.807) is 0 Å². The van der Waals surface area contributed by atoms with Gasteiger partial charge in [-0.1, -0.05) is 224 Å². The van der Waals surface area contributed by atoms with Crippen molar-refractivity contribution in [2.24, 2.45) is 0 Å². The van der Waals surface area contributed by atoms with Crippen molar-refractivity contribution in [2.45, 2.75) is 52.4 Å². The van der Waals surface area contributed by atoms with Gasteiger partial charge in [-0.05, 0) is 140 Å². The Morgan fingerprint density at radius 3 is 1.02 bits per heavy atom. The maximum absolute atomic E-state index is 2.60. The first kappa shape index (κ1) is 50.1. The zero-order chi connectivity index (χ0) is 57.7. The highest BCUT2D eigenvalue weighted by atomic mass is 15.2. The third-order valence-corrected chi connectivity index (χ3v) is 18.6. The lowest BCUT2D eigenvalue weighted by Gasteiger charge is -2.29. The smallest absolute Gasteiger partial charge is 0.0641 e. The molecule has 0 atom stereocenters. The largest absolute Gasteiger partial charge is 0.309 e. The molecule has 0 spiro atoms. The number of hydrogen-bond acceptors (Lipinski definition) is 2. The Bertz CT molecular complexity index is 5180. The van der Waals surface area contributed by atoms with Crippen LogP contribution in [0.4, 0.5) is 34.1 Å². The molecule has 17 rings (SSSR count). The SMILES string of the molecule is CC(C)(C)c1ccc2c(c1)c1c(N(c3ccccc3)c3ccc4ccccc4c3-c3ccccc3)ccc3c4cc5c(cc4n2c31)c1ccc(N(c2ccccc2)c2ccc3ccccc3c2-c2ccccc2)c2c3cc(C(C)(C)C)ccc3n5c12. The van der Waals surface area contributed by atoms with Gasteiger partial charge in [0.15, 0.2) is 0 Å². The second-order valence-electron chi connectivity index (χ2n) is 25.7. The van der Waals surface area contributed by atoms with Crippen LogP contribution in [0.15, 0.2) is 267 Å². The lowest BCUT2D eigenvalue weighted by molar-refractivity contribution is 0.591. The van der Waals surface area contributed by atoms with Gasteiger partial charge in [-0.25, -0.2) is 0 Å². The second kappa shape index (κ2) is 18.5. The Balaban J connectivity index is 0.980. The summed E-state index contributed by atoms with van der Waals surface area (Å²) in [5.41, 5.74) is 21.3. The van der Waals surface area contributed by atoms with E-state index < -0.39 is 0 Å². The number of aromatic nitrogens is 2. The van der Waals surface area contributed by atoms with Gasteiger partial charge in [-0.3, -0.25) is 0 Å². The molecule has 0 aliphatic heterocycles. The third-order valence-electron chi connectivity index (χ3n) is 18.6. The van der Waals surface area contributed by atoms with E-state index in [0.717, 1.165) is 34.1 Å². The minimum atomic E-state index is -0.0733. The van der Waals surface area contributed by atoms with Crippen LogP contribution in [0.5, 0.6) is 0 Å². The van der Waals surface area contributed by atoms with Gasteiger partial charge in [0.05, 0.1) is 55.8 Å². The fourth-order valence-corrected chi connectivity index (χ4v) is 14.6. The van der Waals surface area contributed by atoms with Gasteiger partial charge >= 0.3 is 0 Å². The van der Waals surface area contributed by atoms with E-state index in [1.807, 2.05) is 0 Å². The van der Waals surface area contributed by atoms with Crippen LogP contribution in [-0.4, -0.2) is 8.80 Å². The van der Waals surface area contributed by atoms with E-state index in [9.17, 15) is 0 Å². The minimum Gasteiger partial charge on any atom is -0.309 e. The van der Waals surface area contributed by atoms with E-state index in [4.69, 9.17) is 0 Å². The quantitative estimate of drug-likeness (QED) is 0.151. The van der Waals surface area contributed by atoms with E-state index in [1.165, 1.54) is 131 Å². The lowest BCUT2D eigenvalue weighted by Crippen LogP contribution is -2.12. The minimum absolute atomic E-state index is 0.0733. The fraction of sp³-hybridized carbons (Fsp3) is 0.0976. The van der Waals surface area contributed by atoms with Crippen molar-refractivity contribution >= 4 is 132 Å². The first-order valence-electron chi connectivity index (χ1n) is 30.3. The van der Waals surface area contributed by atoms with Crippen molar-refractivity contribution in [1.82, 2.24) is 8.80 Å². The molecule has 0 aliphatic carbocycles. The summed E-state index contributed by atoms with van der Waals surface area (Å²) in [7, 11) is 0. The zero-order valence-corrected chi connectivity index (χ0v) is 49.2. The van der Waals surface area contributed by atoms with Crippen molar-refractivity contribution < 1.29 is 0 Å². The molecule has 0 saturated heterocycles. The van der Waals surface area contributed by atoms with E-state index in [2.05, 4.69) is 327 Å². The number of benzene rings is 13. The monoisotopic (exact) mass is 1100 g/mol. The molecule has 0 saturated carbocycles. The number of fused-ring (bicyclic) bond motifs is 14. The zero-order valence-electron chi connectivity index (χ0n) is 49.2. The van der Waals surface area contributed by atoms with Gasteiger partial charge in [-0.2, -0.15) is 0 Å². The van der Waals surface area contributed by atoms with Crippen LogP contribution in [-0.2, 0) is 10.8 Å². The first-order valence-corrected chi connectivity index (χ1v) is 30.3. The molecule has 410 valence electrons. The molecule has 0 amide bonds. The van der Waals surface area contributed by atoms with E-state index in [0.29, 0.717) is 0 Å². The second-order valence-corrected chi connectivity index (χ2v) is 25.7. The van der Waals surface area contributed by atoms with E-state index >= 15 is 0 Å². The third kappa shape index (κ3) is 7.35. The summed E-state index contributed by atoms with van der Waals surface area (Å²) in [6.07, 6.45) is 0. The topological polar surface area (TPSA) is 15.3 Å². The van der Waals surface area contributed by atoms with Gasteiger partial charge in [0.2, 0.25) is 0 Å². The predicted octanol–water partition coefficient (Wildman–Crippen LogP) is 23.2. The molecule has 0 radical (unpaired) electrons. The number of nitrogens with zero attached hydrogens (tertiary/aromatic N) is 4. The van der Waals surface area contributed by atoms with Gasteiger partial charge in [0.1, 0.15) is 0 Å². The van der Waals surface area contributed by atoms with Gasteiger partial charge in [0, 0.05) is 65.6 Å². The highest BCUT2D eigenvalue weighted by molar-refractivity contribution is 6.32. The molecule has 0 N–H and O–H groups in total. The Morgan fingerprint density at radius 2 is 0.628 bits per heavy atom. The molecule has 0 aliphatic rings. The Kier molecular flexibility index (Phi) is 10.8. The molecular formula is C82H62N4. The summed E-state index contributed by atoms with van der Waals surface area (Å²) < 4.78 is 5.20. The maximum atomic E-state index is 2.60. The summed E-state index contributed by atoms with van der Waals surface area (Å²) in [6.45, 7) is 14.0. The highest BCUT2D eigenvalue weighted by Crippen LogP contribution is 2.54. The molecule has 0 bridgehead atoms. The summed E-state index contributed by atoms with van der Waals surface area (Å²) in [6, 6.07) is 100. The van der Waals surface area contributed by atoms with Crippen LogP contribution in [0.1, 0.15) is 52.7 Å². The first-order chi connectivity index (χ1) is 42.0. The van der Waals surface area contributed by atoms with E-state index in [-0.39, 0.29) is 10.8 Å². The summed E-state index contributed by atoms with van der Waals surface area (Å²) in [4.78, 5) is 5.07. The van der Waals surface area contributed by atoms with Gasteiger partial charge in [0.25, 0.3) is 0 Å². The molecule has 17 aromatic rings. The summed E-state index contributed by atoms with van der Waals surface area (Å²) in [5, 5.41) is 14.8. The molecular weight excluding hydrogens is 1040 g/mol. The normalized spacial score (nSPS) is 12.5. The van der Waals surface area contributed by atoms with Crippen LogP contribution < -0.4 is 9.80 Å². The number of anilines is 6. The lowest BCUT2D eigenvalue weighted by atomic mass is 9.86. The molecule has 86 heavy (non-hydrogen) atoms. The Morgan fingerprint density at radius 1 is 0.267 bits per heavy atom. The number of para-hydroxylation sites is 2. The Labute approximate surface area is 500 Å². The molecule has 4 heterocycles. The molecule has 4 aromatic heterocycles. The Hall–Kier alpha value is -10.4. The van der Waals surface area contributed by atoms with Crippen LogP contribution in [0.3, 0.4) is 0 Å². The van der Waals surface area contributed by atoms with Crippen molar-refractivity contribution in [3.05, 3.63) is 278 Å². The maximum Gasteiger partial charge on any atom is 0.0641 e. The standard InChI is InChI=1S/C82H62N4/c1-81(2,3)55-37-43-67-65(47-55)77-71(83(57-29-15-9-16-30-57)69-41-35-51-23-19-21-33-59(51)75(69)53-25-11-7-12-26-53)45-39-61-63-50-74-64(49-73(63)85(67)79(61)77)62-40-46-72(78-66-48-56(82(4,5)6)38-44-68(66)86(74)80(62)78)84(58-31-17-10-18-32-58)70-42-36-52-24-20-22-34-60(52)76(70)54-27-13-8-14-28-54/h7-50H,1-6H3. The fourth-order valence-electron chi connectivity index (χ4n) is 14.6. The predicted molar refractivity (Wildman–Crippen MR) is 368 cm³/mol. The van der Waals surface area contributed by atoms with Crippen molar-refractivity contribution in [2.75, 3.05) is 9.80 Å². The van der Waals surface area contributed by atoms with Gasteiger partial charge in [-0.15, -0.1) is 0 Å². The number of hydrogen-bond donors (Lipinski definition) is 0. The molecule has 4 nitrogen and oxygen atoms in total. The average molecular weight is 1100 g/mol. The van der Waals surface area contributed by atoms with Gasteiger partial charge < -0.3 is 18.6 Å². The average Bonchev–Trinajstić information content (AvgIpc) is 1.59. The summed E-state index contributed by atoms with van der Waals surface area (Å²) >= 11 is 0. The number of rotatable bonds is 8. The molecule has 4 heteroatoms. The van der Waals surface area contributed by atoms with Crippen molar-refractivity contribution in [3.63, 3.8) is 0 Å². The van der Waals surface area contributed by atoms with Crippen LogP contribution >= 0.6 is 0 Å². The highest BCUT2D eigenvalue weighted by Gasteiger charge is 2.31. The van der Waals surface area contributed by atoms with Crippen molar-refractivity contribution in [3.8, 4) is 22.3 Å². The summed E-state index contributed by atoms with van der Waals surface area (Å²) in [5.74, 6) is 0.